The van der Waals surface area contributed by atoms with Crippen LogP contribution in [0.1, 0.15) is 18.1 Å². The van der Waals surface area contributed by atoms with Crippen molar-refractivity contribution in [2.45, 2.75) is 20.3 Å². The van der Waals surface area contributed by atoms with Gasteiger partial charge in [0, 0.05) is 5.69 Å². The number of amides is 1. The van der Waals surface area contributed by atoms with Crippen molar-refractivity contribution in [2.24, 2.45) is 0 Å². The smallest absolute Gasteiger partial charge is 0.310 e. The van der Waals surface area contributed by atoms with E-state index >= 15 is 0 Å². The Morgan fingerprint density at radius 2 is 1.75 bits per heavy atom. The van der Waals surface area contributed by atoms with E-state index in [0.717, 1.165) is 16.9 Å². The Labute approximate surface area is 141 Å². The van der Waals surface area contributed by atoms with Crippen molar-refractivity contribution in [1.29, 1.82) is 0 Å². The number of esters is 1. The average Bonchev–Trinajstić information content (AvgIpc) is 2.57. The fourth-order valence-electron chi connectivity index (χ4n) is 2.16. The van der Waals surface area contributed by atoms with Gasteiger partial charge >= 0.3 is 5.97 Å². The molecule has 24 heavy (non-hydrogen) atoms. The molecule has 0 fully saturated rings. The van der Waals surface area contributed by atoms with Gasteiger partial charge in [-0.25, -0.2) is 0 Å². The lowest BCUT2D eigenvalue weighted by molar-refractivity contribution is -0.146. The molecular weight excluding hydrogens is 306 g/mol. The quantitative estimate of drug-likeness (QED) is 0.794. The molecule has 0 heterocycles. The second-order valence-electron chi connectivity index (χ2n) is 5.27. The van der Waals surface area contributed by atoms with Crippen LogP contribution in [0.5, 0.6) is 5.75 Å². The molecule has 0 aliphatic rings. The predicted molar refractivity (Wildman–Crippen MR) is 92.1 cm³/mol. The number of carbonyl (C=O) groups excluding carboxylic acids is 2. The molecule has 1 amide bonds. The van der Waals surface area contributed by atoms with Gasteiger partial charge in [0.25, 0.3) is 5.91 Å². The van der Waals surface area contributed by atoms with E-state index in [4.69, 9.17) is 9.47 Å². The molecule has 5 heteroatoms. The van der Waals surface area contributed by atoms with E-state index in [1.54, 1.807) is 24.3 Å². The molecule has 0 aliphatic carbocycles. The maximum Gasteiger partial charge on any atom is 0.310 e. The van der Waals surface area contributed by atoms with Crippen LogP contribution in [0.15, 0.2) is 48.5 Å². The molecule has 2 aromatic rings. The third-order valence-corrected chi connectivity index (χ3v) is 3.41. The Bertz CT molecular complexity index is 695. The molecule has 126 valence electrons. The number of benzene rings is 2. The summed E-state index contributed by atoms with van der Waals surface area (Å²) in [5.41, 5.74) is 2.54. The molecule has 5 nitrogen and oxygen atoms in total. The highest BCUT2D eigenvalue weighted by Gasteiger charge is 2.10. The van der Waals surface area contributed by atoms with Gasteiger partial charge in [-0.2, -0.15) is 0 Å². The van der Waals surface area contributed by atoms with Crippen molar-refractivity contribution in [2.75, 3.05) is 18.5 Å². The second kappa shape index (κ2) is 8.72. The Hall–Kier alpha value is -2.82. The maximum atomic E-state index is 11.8. The normalized spacial score (nSPS) is 10.1. The summed E-state index contributed by atoms with van der Waals surface area (Å²) in [6, 6.07) is 14.6. The summed E-state index contributed by atoms with van der Waals surface area (Å²) >= 11 is 0. The van der Waals surface area contributed by atoms with Crippen molar-refractivity contribution >= 4 is 17.6 Å². The van der Waals surface area contributed by atoms with Crippen molar-refractivity contribution < 1.29 is 19.1 Å². The lowest BCUT2D eigenvalue weighted by atomic mass is 10.1. The standard InChI is InChI=1S/C19H21NO4/c1-3-23-17-10-8-16(9-11-17)20-18(21)13-24-19(22)12-15-7-5-4-6-14(15)2/h4-11H,3,12-13H2,1-2H3,(H,20,21). The molecule has 0 aliphatic heterocycles. The van der Waals surface area contributed by atoms with Gasteiger partial charge < -0.3 is 14.8 Å². The predicted octanol–water partition coefficient (Wildman–Crippen LogP) is 3.12. The van der Waals surface area contributed by atoms with Gasteiger partial charge in [-0.3, -0.25) is 9.59 Å². The largest absolute Gasteiger partial charge is 0.494 e. The van der Waals surface area contributed by atoms with Crippen LogP contribution in [0.3, 0.4) is 0 Å². The number of aryl methyl sites for hydroxylation is 1. The molecule has 0 bridgehead atoms. The number of nitrogens with one attached hydrogen (secondary N) is 1. The van der Waals surface area contributed by atoms with Crippen molar-refractivity contribution in [1.82, 2.24) is 0 Å². The number of hydrogen-bond acceptors (Lipinski definition) is 4. The highest BCUT2D eigenvalue weighted by molar-refractivity contribution is 5.92. The first-order valence-corrected chi connectivity index (χ1v) is 7.81. The molecule has 0 unspecified atom stereocenters. The number of rotatable bonds is 7. The first-order chi connectivity index (χ1) is 11.6. The van der Waals surface area contributed by atoms with Crippen molar-refractivity contribution in [3.8, 4) is 5.75 Å². The number of carbonyl (C=O) groups is 2. The molecule has 2 rings (SSSR count). The fourth-order valence-corrected chi connectivity index (χ4v) is 2.16. The van der Waals surface area contributed by atoms with Crippen LogP contribution in [-0.4, -0.2) is 25.1 Å². The summed E-state index contributed by atoms with van der Waals surface area (Å²) < 4.78 is 10.4. The van der Waals surface area contributed by atoms with E-state index in [0.29, 0.717) is 12.3 Å². The number of ether oxygens (including phenoxy) is 2. The highest BCUT2D eigenvalue weighted by atomic mass is 16.5. The van der Waals surface area contributed by atoms with Crippen molar-refractivity contribution in [3.05, 3.63) is 59.7 Å². The van der Waals surface area contributed by atoms with Crippen LogP contribution < -0.4 is 10.1 Å². The zero-order valence-electron chi connectivity index (χ0n) is 13.9. The van der Waals surface area contributed by atoms with Gasteiger partial charge in [0.1, 0.15) is 5.75 Å². The van der Waals surface area contributed by atoms with Crippen LogP contribution in [-0.2, 0) is 20.7 Å². The molecular formula is C19H21NO4. The Kier molecular flexibility index (Phi) is 6.37. The monoisotopic (exact) mass is 327 g/mol. The molecule has 1 N–H and O–H groups in total. The molecule has 0 aromatic heterocycles. The van der Waals surface area contributed by atoms with E-state index in [1.165, 1.54) is 0 Å². The first-order valence-electron chi connectivity index (χ1n) is 7.81. The molecule has 0 saturated carbocycles. The lowest BCUT2D eigenvalue weighted by Gasteiger charge is -2.08. The topological polar surface area (TPSA) is 64.6 Å². The minimum absolute atomic E-state index is 0.156. The van der Waals surface area contributed by atoms with E-state index in [2.05, 4.69) is 5.32 Å². The Morgan fingerprint density at radius 3 is 2.42 bits per heavy atom. The summed E-state index contributed by atoms with van der Waals surface area (Å²) in [6.45, 7) is 4.11. The summed E-state index contributed by atoms with van der Waals surface area (Å²) in [5, 5.41) is 2.67. The minimum atomic E-state index is -0.425. The molecule has 2 aromatic carbocycles. The zero-order chi connectivity index (χ0) is 17.4. The highest BCUT2D eigenvalue weighted by Crippen LogP contribution is 2.15. The third kappa shape index (κ3) is 5.43. The van der Waals surface area contributed by atoms with Gasteiger partial charge in [0.15, 0.2) is 6.61 Å². The van der Waals surface area contributed by atoms with Crippen LogP contribution in [0.4, 0.5) is 5.69 Å². The Balaban J connectivity index is 1.78. The van der Waals surface area contributed by atoms with E-state index < -0.39 is 5.97 Å². The van der Waals surface area contributed by atoms with E-state index in [9.17, 15) is 9.59 Å². The summed E-state index contributed by atoms with van der Waals surface area (Å²) in [6.07, 6.45) is 0.156. The van der Waals surface area contributed by atoms with Gasteiger partial charge in [-0.05, 0) is 49.2 Å². The lowest BCUT2D eigenvalue weighted by Crippen LogP contribution is -2.21. The molecule has 0 spiro atoms. The second-order valence-corrected chi connectivity index (χ2v) is 5.27. The number of hydrogen-bond donors (Lipinski definition) is 1. The van der Waals surface area contributed by atoms with E-state index in [1.807, 2.05) is 38.1 Å². The van der Waals surface area contributed by atoms with Crippen LogP contribution >= 0.6 is 0 Å². The third-order valence-electron chi connectivity index (χ3n) is 3.41. The minimum Gasteiger partial charge on any atom is -0.494 e. The molecule has 0 atom stereocenters. The van der Waals surface area contributed by atoms with Gasteiger partial charge in [0.2, 0.25) is 0 Å². The summed E-state index contributed by atoms with van der Waals surface area (Å²) in [5.74, 6) is -0.0661. The van der Waals surface area contributed by atoms with Crippen LogP contribution in [0, 0.1) is 6.92 Å². The fraction of sp³-hybridized carbons (Fsp3) is 0.263. The van der Waals surface area contributed by atoms with Gasteiger partial charge in [-0.15, -0.1) is 0 Å². The molecule has 0 saturated heterocycles. The van der Waals surface area contributed by atoms with Crippen molar-refractivity contribution in [3.63, 3.8) is 0 Å². The molecule has 0 radical (unpaired) electrons. The summed E-state index contributed by atoms with van der Waals surface area (Å²) in [7, 11) is 0. The maximum absolute atomic E-state index is 11.8. The SMILES string of the molecule is CCOc1ccc(NC(=O)COC(=O)Cc2ccccc2C)cc1. The van der Waals surface area contributed by atoms with Crippen LogP contribution in [0.25, 0.3) is 0 Å². The van der Waals surface area contributed by atoms with Gasteiger partial charge in [-0.1, -0.05) is 24.3 Å². The van der Waals surface area contributed by atoms with Crippen LogP contribution in [0.2, 0.25) is 0 Å². The zero-order valence-corrected chi connectivity index (χ0v) is 13.9. The number of anilines is 1. The van der Waals surface area contributed by atoms with E-state index in [-0.39, 0.29) is 18.9 Å². The van der Waals surface area contributed by atoms with Gasteiger partial charge in [0.05, 0.1) is 13.0 Å². The Morgan fingerprint density at radius 1 is 1.04 bits per heavy atom. The summed E-state index contributed by atoms with van der Waals surface area (Å²) in [4.78, 5) is 23.6. The average molecular weight is 327 g/mol. The first kappa shape index (κ1) is 17.5.